The minimum atomic E-state index is -0.307. The van der Waals surface area contributed by atoms with Gasteiger partial charge in [-0.05, 0) is 42.8 Å². The Balaban J connectivity index is 1.47. The summed E-state index contributed by atoms with van der Waals surface area (Å²) in [5, 5.41) is 6.49. The minimum absolute atomic E-state index is 0.0674. The normalized spacial score (nSPS) is 21.2. The van der Waals surface area contributed by atoms with Crippen molar-refractivity contribution in [3.8, 4) is 5.75 Å². The minimum Gasteiger partial charge on any atom is -0.495 e. The molecule has 4 rings (SSSR count). The molecule has 0 saturated carbocycles. The average Bonchev–Trinajstić information content (AvgIpc) is 2.74. The maximum absolute atomic E-state index is 12.8. The molecule has 0 unspecified atom stereocenters. The number of rotatable bonds is 5. The molecule has 0 bridgehead atoms. The summed E-state index contributed by atoms with van der Waals surface area (Å²) in [5.41, 5.74) is 1.46. The third-order valence-electron chi connectivity index (χ3n) is 5.71. The summed E-state index contributed by atoms with van der Waals surface area (Å²) in [5.74, 6) is 0.556. The molecule has 2 aromatic rings. The van der Waals surface area contributed by atoms with E-state index >= 15 is 0 Å². The molecule has 164 valence electrons. The molecule has 3 amide bonds. The monoisotopic (exact) mass is 444 g/mol. The van der Waals surface area contributed by atoms with Gasteiger partial charge >= 0.3 is 6.03 Å². The predicted octanol–water partition coefficient (Wildman–Crippen LogP) is 2.90. The molecule has 2 aliphatic heterocycles. The molecule has 1 aromatic heterocycles. The van der Waals surface area contributed by atoms with E-state index in [1.807, 2.05) is 17.0 Å². The molecular weight excluding hydrogens is 420 g/mol. The first-order valence-corrected chi connectivity index (χ1v) is 10.6. The number of ether oxygens (including phenoxy) is 2. The van der Waals surface area contributed by atoms with Gasteiger partial charge in [-0.15, -0.1) is 0 Å². The molecule has 31 heavy (non-hydrogen) atoms. The van der Waals surface area contributed by atoms with E-state index in [9.17, 15) is 9.59 Å². The highest BCUT2D eigenvalue weighted by Crippen LogP contribution is 2.29. The van der Waals surface area contributed by atoms with Gasteiger partial charge in [-0.25, -0.2) is 4.79 Å². The Morgan fingerprint density at radius 1 is 1.19 bits per heavy atom. The number of carbonyl (C=O) groups excluding carboxylic acids is 2. The summed E-state index contributed by atoms with van der Waals surface area (Å²) in [4.78, 5) is 31.8. The fourth-order valence-electron chi connectivity index (χ4n) is 3.86. The van der Waals surface area contributed by atoms with Gasteiger partial charge in [-0.3, -0.25) is 9.78 Å². The van der Waals surface area contributed by atoms with Gasteiger partial charge in [0.25, 0.3) is 0 Å². The maximum atomic E-state index is 12.8. The van der Waals surface area contributed by atoms with Crippen LogP contribution in [0.25, 0.3) is 0 Å². The van der Waals surface area contributed by atoms with Crippen LogP contribution in [-0.4, -0.2) is 61.3 Å². The SMILES string of the molecule is COc1ccc([C@@H]2CN(C(=O)C3COC3)CC[C@H]2NC(=O)Nc2ccc(Cl)cc2)nc1. The highest BCUT2D eigenvalue weighted by atomic mass is 35.5. The molecule has 0 radical (unpaired) electrons. The number of nitrogens with one attached hydrogen (secondary N) is 2. The topological polar surface area (TPSA) is 92.8 Å². The molecule has 2 N–H and O–H groups in total. The number of nitrogens with zero attached hydrogens (tertiary/aromatic N) is 2. The summed E-state index contributed by atoms with van der Waals surface area (Å²) >= 11 is 5.90. The van der Waals surface area contributed by atoms with Crippen LogP contribution >= 0.6 is 11.6 Å². The Bertz CT molecular complexity index is 918. The molecule has 8 nitrogen and oxygen atoms in total. The third-order valence-corrected chi connectivity index (χ3v) is 5.96. The predicted molar refractivity (Wildman–Crippen MR) is 116 cm³/mol. The zero-order valence-corrected chi connectivity index (χ0v) is 18.0. The molecule has 2 fully saturated rings. The Hall–Kier alpha value is -2.84. The fraction of sp³-hybridized carbons (Fsp3) is 0.409. The second kappa shape index (κ2) is 9.53. The van der Waals surface area contributed by atoms with Crippen LogP contribution in [0.5, 0.6) is 5.75 Å². The van der Waals surface area contributed by atoms with Crippen molar-refractivity contribution in [3.05, 3.63) is 53.3 Å². The van der Waals surface area contributed by atoms with Crippen molar-refractivity contribution in [3.63, 3.8) is 0 Å². The van der Waals surface area contributed by atoms with Crippen molar-refractivity contribution in [2.24, 2.45) is 5.92 Å². The number of hydrogen-bond donors (Lipinski definition) is 2. The molecule has 2 aliphatic rings. The van der Waals surface area contributed by atoms with Gasteiger partial charge in [0.1, 0.15) is 5.75 Å². The third kappa shape index (κ3) is 5.08. The second-order valence-corrected chi connectivity index (χ2v) is 8.18. The zero-order valence-electron chi connectivity index (χ0n) is 17.2. The van der Waals surface area contributed by atoms with E-state index in [-0.39, 0.29) is 29.8 Å². The molecule has 3 heterocycles. The number of methoxy groups -OCH3 is 1. The zero-order chi connectivity index (χ0) is 21.8. The van der Waals surface area contributed by atoms with Gasteiger partial charge in [0.2, 0.25) is 5.91 Å². The summed E-state index contributed by atoms with van der Waals surface area (Å²) in [7, 11) is 1.59. The van der Waals surface area contributed by atoms with Crippen molar-refractivity contribution in [2.45, 2.75) is 18.4 Å². The van der Waals surface area contributed by atoms with Crippen molar-refractivity contribution in [1.82, 2.24) is 15.2 Å². The number of pyridine rings is 1. The van der Waals surface area contributed by atoms with Gasteiger partial charge in [0, 0.05) is 41.5 Å². The lowest BCUT2D eigenvalue weighted by Crippen LogP contribution is -2.55. The molecule has 9 heteroatoms. The van der Waals surface area contributed by atoms with Crippen LogP contribution in [0.2, 0.25) is 5.02 Å². The van der Waals surface area contributed by atoms with Gasteiger partial charge in [-0.2, -0.15) is 0 Å². The molecule has 2 atom stereocenters. The summed E-state index contributed by atoms with van der Waals surface area (Å²) in [6.45, 7) is 2.02. The van der Waals surface area contributed by atoms with Crippen molar-refractivity contribution in [2.75, 3.05) is 38.7 Å². The lowest BCUT2D eigenvalue weighted by molar-refractivity contribution is -0.151. The number of likely N-dealkylation sites (tertiary alicyclic amines) is 1. The number of anilines is 1. The number of carbonyl (C=O) groups is 2. The fourth-order valence-corrected chi connectivity index (χ4v) is 3.99. The van der Waals surface area contributed by atoms with Gasteiger partial charge in [0.15, 0.2) is 0 Å². The van der Waals surface area contributed by atoms with Crippen LogP contribution in [0.15, 0.2) is 42.6 Å². The summed E-state index contributed by atoms with van der Waals surface area (Å²) < 4.78 is 10.4. The quantitative estimate of drug-likeness (QED) is 0.739. The first-order chi connectivity index (χ1) is 15.0. The highest BCUT2D eigenvalue weighted by Gasteiger charge is 2.38. The van der Waals surface area contributed by atoms with Gasteiger partial charge in [-0.1, -0.05) is 11.6 Å². The standard InChI is InChI=1S/C22H25ClN4O4/c1-30-17-6-7-19(24-10-17)18-11-27(21(28)14-12-31-13-14)9-8-20(18)26-22(29)25-16-4-2-15(23)3-5-16/h2-7,10,14,18,20H,8-9,11-13H2,1H3,(H2,25,26,29)/t18-,20+/m0/s1. The number of urea groups is 1. The van der Waals surface area contributed by atoms with E-state index in [1.165, 1.54) is 0 Å². The Morgan fingerprint density at radius 2 is 1.97 bits per heavy atom. The largest absolute Gasteiger partial charge is 0.495 e. The van der Waals surface area contributed by atoms with E-state index in [0.29, 0.717) is 49.2 Å². The second-order valence-electron chi connectivity index (χ2n) is 7.75. The lowest BCUT2D eigenvalue weighted by Gasteiger charge is -2.41. The number of benzene rings is 1. The Labute approximate surface area is 185 Å². The summed E-state index contributed by atoms with van der Waals surface area (Å²) in [6, 6.07) is 10.2. The van der Waals surface area contributed by atoms with E-state index in [1.54, 1.807) is 37.6 Å². The van der Waals surface area contributed by atoms with Crippen LogP contribution in [-0.2, 0) is 9.53 Å². The first-order valence-electron chi connectivity index (χ1n) is 10.2. The van der Waals surface area contributed by atoms with Crippen LogP contribution in [0, 0.1) is 5.92 Å². The smallest absolute Gasteiger partial charge is 0.319 e. The van der Waals surface area contributed by atoms with Crippen LogP contribution in [0.4, 0.5) is 10.5 Å². The summed E-state index contributed by atoms with van der Waals surface area (Å²) in [6.07, 6.45) is 2.28. The van der Waals surface area contributed by atoms with Gasteiger partial charge < -0.3 is 25.0 Å². The first kappa shape index (κ1) is 21.4. The van der Waals surface area contributed by atoms with Crippen LogP contribution < -0.4 is 15.4 Å². The average molecular weight is 445 g/mol. The Morgan fingerprint density at radius 3 is 2.58 bits per heavy atom. The lowest BCUT2D eigenvalue weighted by atomic mass is 9.88. The van der Waals surface area contributed by atoms with Crippen LogP contribution in [0.3, 0.4) is 0 Å². The number of hydrogen-bond acceptors (Lipinski definition) is 5. The maximum Gasteiger partial charge on any atom is 0.319 e. The van der Waals surface area contributed by atoms with Crippen LogP contribution in [0.1, 0.15) is 18.0 Å². The molecule has 0 spiro atoms. The van der Waals surface area contributed by atoms with E-state index < -0.39 is 0 Å². The number of piperidine rings is 1. The number of aromatic nitrogens is 1. The van der Waals surface area contributed by atoms with E-state index in [0.717, 1.165) is 5.69 Å². The number of halogens is 1. The van der Waals surface area contributed by atoms with E-state index in [2.05, 4.69) is 15.6 Å². The highest BCUT2D eigenvalue weighted by molar-refractivity contribution is 6.30. The number of amides is 3. The molecule has 2 saturated heterocycles. The van der Waals surface area contributed by atoms with Crippen molar-refractivity contribution < 1.29 is 19.1 Å². The van der Waals surface area contributed by atoms with Gasteiger partial charge in [0.05, 0.1) is 32.4 Å². The molecular formula is C22H25ClN4O4. The molecule has 0 aliphatic carbocycles. The van der Waals surface area contributed by atoms with Crippen molar-refractivity contribution >= 4 is 29.2 Å². The molecule has 1 aromatic carbocycles. The van der Waals surface area contributed by atoms with Crippen molar-refractivity contribution in [1.29, 1.82) is 0 Å². The Kier molecular flexibility index (Phi) is 6.58. The van der Waals surface area contributed by atoms with E-state index in [4.69, 9.17) is 21.1 Å².